The first-order valence-electron chi connectivity index (χ1n) is 12.4. The Morgan fingerprint density at radius 3 is 1.72 bits per heavy atom. The number of hydrogen-bond acceptors (Lipinski definition) is 10. The van der Waals surface area contributed by atoms with Gasteiger partial charge in [-0.2, -0.15) is 0 Å². The summed E-state index contributed by atoms with van der Waals surface area (Å²) in [5, 5.41) is 64.0. The molecule has 0 radical (unpaired) electrons. The number of carbonyl (C=O) groups is 4. The molecule has 16 nitrogen and oxygen atoms in total. The summed E-state index contributed by atoms with van der Waals surface area (Å²) >= 11 is 0. The van der Waals surface area contributed by atoms with E-state index in [0.717, 1.165) is 0 Å². The lowest BCUT2D eigenvalue weighted by Gasteiger charge is -2.28. The number of rotatable bonds is 8. The van der Waals surface area contributed by atoms with Gasteiger partial charge in [-0.15, -0.1) is 24.8 Å². The summed E-state index contributed by atoms with van der Waals surface area (Å²) < 4.78 is 0. The zero-order valence-electron chi connectivity index (χ0n) is 23.7. The van der Waals surface area contributed by atoms with Crippen molar-refractivity contribution in [1.29, 1.82) is 0 Å². The van der Waals surface area contributed by atoms with Gasteiger partial charge in [-0.1, -0.05) is 24.3 Å². The van der Waals surface area contributed by atoms with Gasteiger partial charge in [0.05, 0.1) is 43.8 Å². The maximum Gasteiger partial charge on any atom is 0.334 e. The van der Waals surface area contributed by atoms with Gasteiger partial charge in [0.15, 0.2) is 0 Å². The number of aliphatic carboxylic acids is 4. The molecule has 18 heteroatoms. The Kier molecular flexibility index (Phi) is 13.2. The van der Waals surface area contributed by atoms with Crippen molar-refractivity contribution in [2.24, 2.45) is 0 Å². The van der Waals surface area contributed by atoms with Crippen LogP contribution in [0.15, 0.2) is 88.4 Å². The van der Waals surface area contributed by atoms with Gasteiger partial charge in [-0.05, 0) is 19.4 Å². The molecule has 4 rings (SSSR count). The van der Waals surface area contributed by atoms with Crippen molar-refractivity contribution in [1.82, 2.24) is 10.6 Å². The maximum atomic E-state index is 11.6. The lowest BCUT2D eigenvalue weighted by Crippen LogP contribution is -2.31. The van der Waals surface area contributed by atoms with E-state index in [1.165, 1.54) is 68.6 Å². The van der Waals surface area contributed by atoms with Gasteiger partial charge in [-0.25, -0.2) is 19.2 Å². The number of nitro groups is 2. The third-order valence-corrected chi connectivity index (χ3v) is 6.57. The molecule has 0 unspecified atom stereocenters. The van der Waals surface area contributed by atoms with Crippen LogP contribution in [0.4, 0.5) is 11.4 Å². The molecule has 0 aliphatic carbocycles. The van der Waals surface area contributed by atoms with Crippen molar-refractivity contribution in [2.45, 2.75) is 26.2 Å². The third kappa shape index (κ3) is 8.46. The van der Waals surface area contributed by atoms with Crippen LogP contribution in [0.5, 0.6) is 0 Å². The molecule has 46 heavy (non-hydrogen) atoms. The van der Waals surface area contributed by atoms with Gasteiger partial charge in [0, 0.05) is 53.8 Å². The summed E-state index contributed by atoms with van der Waals surface area (Å²) in [6, 6.07) is 10.8. The maximum absolute atomic E-state index is 11.6. The lowest BCUT2D eigenvalue weighted by atomic mass is 9.80. The fraction of sp³-hybridized carbons (Fsp3) is 0.143. The number of halogens is 2. The molecule has 0 saturated heterocycles. The molecular weight excluding hydrogens is 655 g/mol. The minimum absolute atomic E-state index is 0. The highest BCUT2D eigenvalue weighted by molar-refractivity contribution is 6.01. The molecule has 0 aromatic heterocycles. The Balaban J connectivity index is 0.000000442. The fourth-order valence-electron chi connectivity index (χ4n) is 4.64. The van der Waals surface area contributed by atoms with E-state index < -0.39 is 39.6 Å². The summed E-state index contributed by atoms with van der Waals surface area (Å²) in [5.41, 5.74) is 0.352. The van der Waals surface area contributed by atoms with Crippen molar-refractivity contribution < 1.29 is 49.5 Å². The van der Waals surface area contributed by atoms with E-state index in [9.17, 15) is 54.7 Å². The number of nitrogens with zero attached hydrogens (tertiary/aromatic N) is 2. The third-order valence-electron chi connectivity index (χ3n) is 6.57. The van der Waals surface area contributed by atoms with Crippen LogP contribution in [0.3, 0.4) is 0 Å². The topological polar surface area (TPSA) is 260 Å². The molecule has 0 bridgehead atoms. The molecule has 2 aromatic rings. The minimum Gasteiger partial charge on any atom is -0.478 e. The van der Waals surface area contributed by atoms with Crippen LogP contribution >= 0.6 is 24.8 Å². The predicted octanol–water partition coefficient (Wildman–Crippen LogP) is 4.19. The molecule has 6 N–H and O–H groups in total. The highest BCUT2D eigenvalue weighted by Crippen LogP contribution is 2.39. The van der Waals surface area contributed by atoms with Crippen molar-refractivity contribution in [3.05, 3.63) is 120 Å². The van der Waals surface area contributed by atoms with Gasteiger partial charge in [0.25, 0.3) is 11.4 Å². The average molecular weight is 681 g/mol. The van der Waals surface area contributed by atoms with E-state index in [4.69, 9.17) is 5.11 Å². The largest absolute Gasteiger partial charge is 0.478 e. The van der Waals surface area contributed by atoms with Crippen LogP contribution in [0.25, 0.3) is 5.70 Å². The van der Waals surface area contributed by atoms with Gasteiger partial charge >= 0.3 is 23.9 Å². The fourth-order valence-corrected chi connectivity index (χ4v) is 4.64. The molecule has 2 heterocycles. The lowest BCUT2D eigenvalue weighted by molar-refractivity contribution is -0.385. The summed E-state index contributed by atoms with van der Waals surface area (Å²) in [4.78, 5) is 65.8. The predicted molar refractivity (Wildman–Crippen MR) is 165 cm³/mol. The van der Waals surface area contributed by atoms with E-state index in [1.54, 1.807) is 0 Å². The van der Waals surface area contributed by atoms with Crippen LogP contribution < -0.4 is 10.6 Å². The highest BCUT2D eigenvalue weighted by Gasteiger charge is 2.37. The summed E-state index contributed by atoms with van der Waals surface area (Å²) in [7, 11) is 0. The van der Waals surface area contributed by atoms with Crippen LogP contribution in [0, 0.1) is 20.2 Å². The van der Waals surface area contributed by atoms with E-state index in [2.05, 4.69) is 10.6 Å². The number of carboxylic acid groups (broad SMARTS) is 4. The number of carboxylic acids is 4. The summed E-state index contributed by atoms with van der Waals surface area (Å²) in [6.07, 6.45) is 0.915. The van der Waals surface area contributed by atoms with Crippen molar-refractivity contribution in [3.8, 4) is 0 Å². The monoisotopic (exact) mass is 680 g/mol. The number of allylic oxidation sites excluding steroid dienone is 2. The summed E-state index contributed by atoms with van der Waals surface area (Å²) in [5.74, 6) is -6.16. The van der Waals surface area contributed by atoms with Crippen LogP contribution in [-0.2, 0) is 19.2 Å². The Labute approximate surface area is 271 Å². The smallest absolute Gasteiger partial charge is 0.334 e. The average Bonchev–Trinajstić information content (AvgIpc) is 2.96. The van der Waals surface area contributed by atoms with Crippen molar-refractivity contribution >= 4 is 65.8 Å². The number of non-ortho nitro benzene ring substituents is 2. The number of dihydropyridines is 2. The second-order valence-corrected chi connectivity index (χ2v) is 9.36. The second kappa shape index (κ2) is 15.8. The Bertz CT molecular complexity index is 1710. The molecular formula is C28H26Cl2N4O12. The van der Waals surface area contributed by atoms with Crippen LogP contribution in [-0.4, -0.2) is 54.1 Å². The van der Waals surface area contributed by atoms with Crippen LogP contribution in [0.2, 0.25) is 0 Å². The molecule has 0 fully saturated rings. The van der Waals surface area contributed by atoms with Crippen molar-refractivity contribution in [3.63, 3.8) is 0 Å². The quantitative estimate of drug-likeness (QED) is 0.169. The first-order chi connectivity index (χ1) is 20.6. The van der Waals surface area contributed by atoms with E-state index >= 15 is 0 Å². The SMILES string of the molecule is CC1=C(C(=O)O)C(c2cccc([N+](=O)[O-])c2)C(C(=O)O)=C(C)N1.Cl.Cl.O=C(O)C1=CNC(c2cccc([N+](=O)[O-])c2)=C(C(=O)O)C1. The van der Waals surface area contributed by atoms with Gasteiger partial charge in [-0.3, -0.25) is 20.2 Å². The number of nitro benzene ring substituents is 2. The molecule has 0 saturated carbocycles. The molecule has 2 aliphatic rings. The highest BCUT2D eigenvalue weighted by atomic mass is 35.5. The Morgan fingerprint density at radius 2 is 1.26 bits per heavy atom. The first-order valence-corrected chi connectivity index (χ1v) is 12.4. The zero-order valence-corrected chi connectivity index (χ0v) is 25.4. The van der Waals surface area contributed by atoms with Crippen LogP contribution in [0.1, 0.15) is 37.3 Å². The van der Waals surface area contributed by atoms with Gasteiger partial charge in [0.1, 0.15) is 0 Å². The molecule has 2 aromatic carbocycles. The summed E-state index contributed by atoms with van der Waals surface area (Å²) in [6.45, 7) is 3.05. The minimum atomic E-state index is -1.28. The van der Waals surface area contributed by atoms with E-state index in [0.29, 0.717) is 17.0 Å². The Hall–Kier alpha value is -5.74. The standard InChI is InChI=1S/C15H14N2O6.C13H10N2O6.2ClH/c1-7-11(14(18)19)13(12(15(20)21)8(2)16-7)9-4-3-5-10(6-9)17(22)23;16-12(17)8-5-10(13(18)19)11(14-6-8)7-2-1-3-9(4-7)15(20)21;;/h3-6,13,16H,1-2H3,(H,18,19)(H,20,21);1-4,6,14H,5H2,(H,16,17)(H,18,19);2*1H. The number of nitrogens with one attached hydrogen (secondary N) is 2. The van der Waals surface area contributed by atoms with E-state index in [1.807, 2.05) is 0 Å². The molecule has 0 atom stereocenters. The van der Waals surface area contributed by atoms with Gasteiger partial charge < -0.3 is 31.1 Å². The number of hydrogen-bond donors (Lipinski definition) is 6. The second-order valence-electron chi connectivity index (χ2n) is 9.36. The van der Waals surface area contributed by atoms with E-state index in [-0.39, 0.29) is 76.2 Å². The number of benzene rings is 2. The normalized spacial score (nSPS) is 14.2. The first kappa shape index (κ1) is 38.3. The molecule has 0 spiro atoms. The van der Waals surface area contributed by atoms with Crippen molar-refractivity contribution in [2.75, 3.05) is 0 Å². The molecule has 2 aliphatic heterocycles. The zero-order chi connectivity index (χ0) is 32.9. The molecule has 0 amide bonds. The Morgan fingerprint density at radius 1 is 0.761 bits per heavy atom. The van der Waals surface area contributed by atoms with Gasteiger partial charge in [0.2, 0.25) is 0 Å². The molecule has 244 valence electrons.